The SMILES string of the molecule is Cc1cc(C(C)(C)C)c(C)c(C)n1.Cc1cc(C(C)(C)C)c(C)nc1C.Cc1ccc(C(C)(C)C)c(C)c1C. The van der Waals surface area contributed by atoms with Gasteiger partial charge >= 0.3 is 0 Å². The Balaban J connectivity index is 0.000000292. The second-order valence-electron chi connectivity index (χ2n) is 14.5. The second-order valence-corrected chi connectivity index (χ2v) is 14.5. The van der Waals surface area contributed by atoms with Crippen LogP contribution in [0.1, 0.15) is 130 Å². The molecule has 2 aromatic heterocycles. The minimum atomic E-state index is 0.204. The number of aromatic nitrogens is 2. The van der Waals surface area contributed by atoms with Crippen molar-refractivity contribution in [3.63, 3.8) is 0 Å². The topological polar surface area (TPSA) is 25.8 Å². The van der Waals surface area contributed by atoms with Crippen molar-refractivity contribution in [2.45, 2.75) is 141 Å². The first kappa shape index (κ1) is 34.5. The van der Waals surface area contributed by atoms with E-state index in [1.165, 1.54) is 44.5 Å². The van der Waals surface area contributed by atoms with Gasteiger partial charge in [-0.3, -0.25) is 9.97 Å². The Hall–Kier alpha value is -2.48. The zero-order chi connectivity index (χ0) is 30.7. The van der Waals surface area contributed by atoms with Gasteiger partial charge in [-0.15, -0.1) is 0 Å². The van der Waals surface area contributed by atoms with Gasteiger partial charge in [0.2, 0.25) is 0 Å². The molecule has 216 valence electrons. The number of aryl methyl sites for hydroxylation is 6. The molecule has 2 heteroatoms. The van der Waals surface area contributed by atoms with Gasteiger partial charge in [0.25, 0.3) is 0 Å². The molecule has 0 amide bonds. The molecule has 0 unspecified atom stereocenters. The third-order valence-electron chi connectivity index (χ3n) is 7.78. The van der Waals surface area contributed by atoms with Crippen molar-refractivity contribution in [1.82, 2.24) is 9.97 Å². The van der Waals surface area contributed by atoms with Gasteiger partial charge < -0.3 is 0 Å². The first-order valence-corrected chi connectivity index (χ1v) is 14.5. The smallest absolute Gasteiger partial charge is 0.0413 e. The zero-order valence-corrected chi connectivity index (χ0v) is 28.7. The van der Waals surface area contributed by atoms with Crippen molar-refractivity contribution in [2.24, 2.45) is 0 Å². The van der Waals surface area contributed by atoms with Crippen molar-refractivity contribution in [3.05, 3.63) is 91.5 Å². The third-order valence-corrected chi connectivity index (χ3v) is 7.78. The Morgan fingerprint density at radius 2 is 0.897 bits per heavy atom. The van der Waals surface area contributed by atoms with Crippen LogP contribution in [-0.4, -0.2) is 9.97 Å². The quantitative estimate of drug-likeness (QED) is 0.289. The van der Waals surface area contributed by atoms with Crippen molar-refractivity contribution in [3.8, 4) is 0 Å². The fraction of sp³-hybridized carbons (Fsp3) is 0.568. The van der Waals surface area contributed by atoms with Gasteiger partial charge in [-0.05, 0) is 129 Å². The molecule has 0 N–H and O–H groups in total. The van der Waals surface area contributed by atoms with E-state index in [9.17, 15) is 0 Å². The molecule has 0 radical (unpaired) electrons. The Morgan fingerprint density at radius 3 is 1.36 bits per heavy atom. The van der Waals surface area contributed by atoms with E-state index in [0.717, 1.165) is 22.8 Å². The standard InChI is InChI=1S/C13H20.2C12H19N/c1-9-7-8-12(13(4,5)6)11(3)10(9)2;1-8-7-11(12(4,5)6)9(2)10(3)13-8;1-8-7-11(12(4,5)6)10(3)13-9(8)2/h7-8H,1-6H3;2*7H,1-6H3. The molecule has 3 aromatic rings. The molecular weight excluding hydrogens is 472 g/mol. The van der Waals surface area contributed by atoms with Gasteiger partial charge in [0.05, 0.1) is 0 Å². The molecule has 0 aliphatic carbocycles. The molecule has 0 aliphatic rings. The van der Waals surface area contributed by atoms with E-state index in [-0.39, 0.29) is 16.2 Å². The average Bonchev–Trinajstić information content (AvgIpc) is 2.75. The summed E-state index contributed by atoms with van der Waals surface area (Å²) in [5.74, 6) is 0. The maximum Gasteiger partial charge on any atom is 0.0413 e. The van der Waals surface area contributed by atoms with Crippen LogP contribution in [0, 0.1) is 62.3 Å². The van der Waals surface area contributed by atoms with Crippen LogP contribution in [0.5, 0.6) is 0 Å². The first-order chi connectivity index (χ1) is 17.5. The van der Waals surface area contributed by atoms with Crippen LogP contribution in [0.2, 0.25) is 0 Å². The second kappa shape index (κ2) is 12.8. The highest BCUT2D eigenvalue weighted by atomic mass is 14.7. The lowest BCUT2D eigenvalue weighted by Crippen LogP contribution is -2.15. The van der Waals surface area contributed by atoms with Gasteiger partial charge in [0.1, 0.15) is 0 Å². The minimum Gasteiger partial charge on any atom is -0.258 e. The van der Waals surface area contributed by atoms with Crippen molar-refractivity contribution in [1.29, 1.82) is 0 Å². The molecule has 0 bridgehead atoms. The van der Waals surface area contributed by atoms with Gasteiger partial charge in [-0.25, -0.2) is 0 Å². The molecule has 2 nitrogen and oxygen atoms in total. The number of rotatable bonds is 0. The predicted molar refractivity (Wildman–Crippen MR) is 174 cm³/mol. The summed E-state index contributed by atoms with van der Waals surface area (Å²) in [4.78, 5) is 8.99. The van der Waals surface area contributed by atoms with Gasteiger partial charge in [-0.2, -0.15) is 0 Å². The van der Waals surface area contributed by atoms with Gasteiger partial charge in [-0.1, -0.05) is 80.5 Å². The average molecular weight is 531 g/mol. The van der Waals surface area contributed by atoms with E-state index < -0.39 is 0 Å². The monoisotopic (exact) mass is 530 g/mol. The molecule has 0 spiro atoms. The number of hydrogen-bond donors (Lipinski definition) is 0. The van der Waals surface area contributed by atoms with Crippen LogP contribution in [-0.2, 0) is 16.2 Å². The highest BCUT2D eigenvalue weighted by Gasteiger charge is 2.19. The van der Waals surface area contributed by atoms with E-state index in [1.807, 2.05) is 0 Å². The highest BCUT2D eigenvalue weighted by molar-refractivity contribution is 5.42. The molecule has 0 fully saturated rings. The lowest BCUT2D eigenvalue weighted by molar-refractivity contribution is 0.580. The number of nitrogens with zero attached hydrogens (tertiary/aromatic N) is 2. The van der Waals surface area contributed by atoms with E-state index in [4.69, 9.17) is 0 Å². The summed E-state index contributed by atoms with van der Waals surface area (Å²) >= 11 is 0. The molecule has 0 aliphatic heterocycles. The molecule has 39 heavy (non-hydrogen) atoms. The number of hydrogen-bond acceptors (Lipinski definition) is 2. The number of pyridine rings is 2. The van der Waals surface area contributed by atoms with E-state index in [1.54, 1.807) is 0 Å². The molecule has 0 saturated carbocycles. The lowest BCUT2D eigenvalue weighted by Gasteiger charge is -2.23. The highest BCUT2D eigenvalue weighted by Crippen LogP contribution is 2.29. The number of benzene rings is 1. The Kier molecular flexibility index (Phi) is 11.3. The van der Waals surface area contributed by atoms with Crippen molar-refractivity contribution in [2.75, 3.05) is 0 Å². The predicted octanol–water partition coefficient (Wildman–Crippen LogP) is 10.5. The summed E-state index contributed by atoms with van der Waals surface area (Å²) in [6.45, 7) is 39.4. The maximum atomic E-state index is 4.54. The lowest BCUT2D eigenvalue weighted by atomic mass is 9.82. The summed E-state index contributed by atoms with van der Waals surface area (Å²) < 4.78 is 0. The first-order valence-electron chi connectivity index (χ1n) is 14.5. The molecular formula is C37H58N2. The molecule has 0 atom stereocenters. The Morgan fingerprint density at radius 1 is 0.410 bits per heavy atom. The van der Waals surface area contributed by atoms with Crippen LogP contribution < -0.4 is 0 Å². The van der Waals surface area contributed by atoms with Crippen LogP contribution >= 0.6 is 0 Å². The molecule has 1 aromatic carbocycles. The van der Waals surface area contributed by atoms with E-state index in [2.05, 4.69) is 159 Å². The molecule has 2 heterocycles. The summed E-state index contributed by atoms with van der Waals surface area (Å²) in [5.41, 5.74) is 16.4. The summed E-state index contributed by atoms with van der Waals surface area (Å²) in [7, 11) is 0. The zero-order valence-electron chi connectivity index (χ0n) is 28.7. The summed E-state index contributed by atoms with van der Waals surface area (Å²) in [5, 5.41) is 0. The van der Waals surface area contributed by atoms with E-state index in [0.29, 0.717) is 0 Å². The summed E-state index contributed by atoms with van der Waals surface area (Å²) in [6.07, 6.45) is 0. The van der Waals surface area contributed by atoms with Crippen LogP contribution in [0.15, 0.2) is 24.3 Å². The van der Waals surface area contributed by atoms with Gasteiger partial charge in [0.15, 0.2) is 0 Å². The molecule has 0 saturated heterocycles. The Bertz CT molecular complexity index is 1260. The third kappa shape index (κ3) is 9.59. The fourth-order valence-corrected chi connectivity index (χ4v) is 5.02. The maximum absolute atomic E-state index is 4.54. The van der Waals surface area contributed by atoms with Gasteiger partial charge in [0, 0.05) is 22.8 Å². The van der Waals surface area contributed by atoms with Crippen molar-refractivity contribution < 1.29 is 0 Å². The van der Waals surface area contributed by atoms with Crippen LogP contribution in [0.3, 0.4) is 0 Å². The molecule has 3 rings (SSSR count). The Labute approximate surface area is 242 Å². The van der Waals surface area contributed by atoms with Crippen LogP contribution in [0.4, 0.5) is 0 Å². The van der Waals surface area contributed by atoms with E-state index >= 15 is 0 Å². The van der Waals surface area contributed by atoms with Crippen molar-refractivity contribution >= 4 is 0 Å². The summed E-state index contributed by atoms with van der Waals surface area (Å²) in [6, 6.07) is 8.95. The largest absolute Gasteiger partial charge is 0.258 e. The fourth-order valence-electron chi connectivity index (χ4n) is 5.02. The minimum absolute atomic E-state index is 0.204. The normalized spacial score (nSPS) is 11.8. The van der Waals surface area contributed by atoms with Crippen LogP contribution in [0.25, 0.3) is 0 Å².